The van der Waals surface area contributed by atoms with E-state index in [2.05, 4.69) is 5.16 Å². The van der Waals surface area contributed by atoms with Gasteiger partial charge in [-0.1, -0.05) is 65.8 Å². The first kappa shape index (κ1) is 21.6. The molecule has 0 radical (unpaired) electrons. The maximum absolute atomic E-state index is 11.2. The molecule has 4 rings (SSSR count). The van der Waals surface area contributed by atoms with E-state index in [9.17, 15) is 9.90 Å². The molecule has 0 unspecified atom stereocenters. The summed E-state index contributed by atoms with van der Waals surface area (Å²) in [4.78, 5) is 16.3. The molecule has 3 aromatic carbocycles. The summed E-state index contributed by atoms with van der Waals surface area (Å²) in [6.45, 7) is 1.25. The van der Waals surface area contributed by atoms with Crippen molar-refractivity contribution in [3.05, 3.63) is 101 Å². The van der Waals surface area contributed by atoms with E-state index >= 15 is 0 Å². The van der Waals surface area contributed by atoms with Gasteiger partial charge in [0.1, 0.15) is 25.2 Å². The van der Waals surface area contributed by atoms with E-state index in [1.54, 1.807) is 0 Å². The number of carbonyl (C=O) groups is 1. The fourth-order valence-electron chi connectivity index (χ4n) is 3.85. The van der Waals surface area contributed by atoms with Crippen LogP contribution in [0.15, 0.2) is 84.0 Å². The summed E-state index contributed by atoms with van der Waals surface area (Å²) < 4.78 is 11.3. The minimum atomic E-state index is -0.819. The number of carboxylic acids is 1. The van der Waals surface area contributed by atoms with Crippen LogP contribution in [0.4, 0.5) is 0 Å². The SMILES string of the molecule is CON=C(c1ccccc1)c1cccc(COc2ccc(C3(CC(=O)O)COC3)cc2)c1. The fraction of sp³-hybridized carbons (Fsp3) is 0.231. The van der Waals surface area contributed by atoms with E-state index < -0.39 is 11.4 Å². The molecule has 0 spiro atoms. The van der Waals surface area contributed by atoms with Crippen molar-refractivity contribution in [2.75, 3.05) is 20.3 Å². The summed E-state index contributed by atoms with van der Waals surface area (Å²) in [6.07, 6.45) is 0.0623. The zero-order valence-electron chi connectivity index (χ0n) is 17.9. The van der Waals surface area contributed by atoms with Gasteiger partial charge in [0.25, 0.3) is 0 Å². The summed E-state index contributed by atoms with van der Waals surface area (Å²) >= 11 is 0. The van der Waals surface area contributed by atoms with Crippen molar-refractivity contribution in [2.45, 2.75) is 18.4 Å². The maximum Gasteiger partial charge on any atom is 0.304 e. The second-order valence-corrected chi connectivity index (χ2v) is 7.85. The van der Waals surface area contributed by atoms with E-state index in [1.807, 2.05) is 78.9 Å². The lowest BCUT2D eigenvalue weighted by molar-refractivity contribution is -0.145. The minimum absolute atomic E-state index is 0.0623. The number of hydrogen-bond acceptors (Lipinski definition) is 5. The van der Waals surface area contributed by atoms with Gasteiger partial charge in [-0.15, -0.1) is 0 Å². The van der Waals surface area contributed by atoms with Crippen molar-refractivity contribution in [3.8, 4) is 5.75 Å². The van der Waals surface area contributed by atoms with Crippen LogP contribution in [-0.4, -0.2) is 37.1 Å². The normalized spacial score (nSPS) is 15.0. The Kier molecular flexibility index (Phi) is 6.52. The van der Waals surface area contributed by atoms with Gasteiger partial charge in [0.05, 0.1) is 25.0 Å². The molecule has 32 heavy (non-hydrogen) atoms. The quantitative estimate of drug-likeness (QED) is 0.401. The monoisotopic (exact) mass is 431 g/mol. The number of benzene rings is 3. The molecule has 0 amide bonds. The van der Waals surface area contributed by atoms with Gasteiger partial charge in [-0.25, -0.2) is 0 Å². The molecule has 6 nitrogen and oxygen atoms in total. The Morgan fingerprint density at radius 3 is 2.34 bits per heavy atom. The number of hydrogen-bond donors (Lipinski definition) is 1. The Labute approximate surface area is 187 Å². The predicted octanol–water partition coefficient (Wildman–Crippen LogP) is 4.41. The van der Waals surface area contributed by atoms with Crippen LogP contribution >= 0.6 is 0 Å². The lowest BCUT2D eigenvalue weighted by Gasteiger charge is -2.40. The highest BCUT2D eigenvalue weighted by Crippen LogP contribution is 2.36. The standard InChI is InChI=1S/C26H25NO5/c1-30-27-25(20-7-3-2-4-8-20)21-9-5-6-19(14-21)16-32-23-12-10-22(11-13-23)26(15-24(28)29)17-31-18-26/h2-14H,15-18H2,1H3,(H,28,29). The van der Waals surface area contributed by atoms with Crippen molar-refractivity contribution in [1.29, 1.82) is 0 Å². The molecule has 0 saturated carbocycles. The maximum atomic E-state index is 11.2. The first-order valence-corrected chi connectivity index (χ1v) is 10.4. The van der Waals surface area contributed by atoms with Gasteiger partial charge in [0, 0.05) is 11.1 Å². The summed E-state index contributed by atoms with van der Waals surface area (Å²) in [7, 11) is 1.54. The molecule has 0 aromatic heterocycles. The number of oxime groups is 1. The smallest absolute Gasteiger partial charge is 0.304 e. The van der Waals surface area contributed by atoms with E-state index in [-0.39, 0.29) is 6.42 Å². The summed E-state index contributed by atoms with van der Waals surface area (Å²) in [5, 5.41) is 13.4. The van der Waals surface area contributed by atoms with E-state index in [0.29, 0.717) is 19.8 Å². The van der Waals surface area contributed by atoms with Crippen molar-refractivity contribution in [2.24, 2.45) is 5.16 Å². The Hall–Kier alpha value is -3.64. The molecule has 164 valence electrons. The first-order valence-electron chi connectivity index (χ1n) is 10.4. The second-order valence-electron chi connectivity index (χ2n) is 7.85. The van der Waals surface area contributed by atoms with Crippen molar-refractivity contribution in [3.63, 3.8) is 0 Å². The van der Waals surface area contributed by atoms with Crippen LogP contribution in [0, 0.1) is 0 Å². The second kappa shape index (κ2) is 9.66. The van der Waals surface area contributed by atoms with Gasteiger partial charge in [0.2, 0.25) is 0 Å². The molecular weight excluding hydrogens is 406 g/mol. The fourth-order valence-corrected chi connectivity index (χ4v) is 3.85. The van der Waals surface area contributed by atoms with E-state index in [0.717, 1.165) is 33.7 Å². The van der Waals surface area contributed by atoms with Crippen molar-refractivity contribution in [1.82, 2.24) is 0 Å². The molecular formula is C26H25NO5. The van der Waals surface area contributed by atoms with Crippen LogP contribution in [-0.2, 0) is 26.4 Å². The number of aliphatic carboxylic acids is 1. The van der Waals surface area contributed by atoms with Gasteiger partial charge < -0.3 is 19.4 Å². The average molecular weight is 431 g/mol. The molecule has 1 fully saturated rings. The Bertz CT molecular complexity index is 1090. The first-order chi connectivity index (χ1) is 15.6. The van der Waals surface area contributed by atoms with E-state index in [1.165, 1.54) is 7.11 Å². The molecule has 3 aromatic rings. The summed E-state index contributed by atoms with van der Waals surface area (Å²) in [6, 6.07) is 25.5. The van der Waals surface area contributed by atoms with Gasteiger partial charge in [-0.2, -0.15) is 0 Å². The van der Waals surface area contributed by atoms with Crippen LogP contribution in [0.1, 0.15) is 28.7 Å². The van der Waals surface area contributed by atoms with Crippen LogP contribution in [0.3, 0.4) is 0 Å². The molecule has 0 atom stereocenters. The zero-order chi connectivity index (χ0) is 22.4. The Balaban J connectivity index is 1.46. The number of nitrogens with zero attached hydrogens (tertiary/aromatic N) is 1. The largest absolute Gasteiger partial charge is 0.489 e. The molecule has 0 bridgehead atoms. The Morgan fingerprint density at radius 1 is 1.00 bits per heavy atom. The van der Waals surface area contributed by atoms with Crippen LogP contribution in [0.5, 0.6) is 5.75 Å². The topological polar surface area (TPSA) is 77.4 Å². The lowest BCUT2D eigenvalue weighted by Crippen LogP contribution is -2.48. The highest BCUT2D eigenvalue weighted by molar-refractivity contribution is 6.12. The molecule has 0 aliphatic carbocycles. The number of carboxylic acid groups (broad SMARTS) is 1. The zero-order valence-corrected chi connectivity index (χ0v) is 17.9. The summed E-state index contributed by atoms with van der Waals surface area (Å²) in [5.41, 5.74) is 4.19. The third kappa shape index (κ3) is 4.81. The number of rotatable bonds is 9. The van der Waals surface area contributed by atoms with Crippen molar-refractivity contribution >= 4 is 11.7 Å². The average Bonchev–Trinajstić information content (AvgIpc) is 2.79. The summed E-state index contributed by atoms with van der Waals surface area (Å²) in [5.74, 6) is -0.0981. The van der Waals surface area contributed by atoms with Gasteiger partial charge >= 0.3 is 5.97 Å². The molecule has 6 heteroatoms. The predicted molar refractivity (Wildman–Crippen MR) is 121 cm³/mol. The van der Waals surface area contributed by atoms with Crippen LogP contribution < -0.4 is 4.74 Å². The molecule has 1 aliphatic rings. The van der Waals surface area contributed by atoms with E-state index in [4.69, 9.17) is 14.3 Å². The van der Waals surface area contributed by atoms with Crippen LogP contribution in [0.25, 0.3) is 0 Å². The lowest BCUT2D eigenvalue weighted by atomic mass is 9.76. The Morgan fingerprint density at radius 2 is 1.72 bits per heavy atom. The van der Waals surface area contributed by atoms with Crippen molar-refractivity contribution < 1.29 is 24.2 Å². The highest BCUT2D eigenvalue weighted by Gasteiger charge is 2.42. The molecule has 1 N–H and O–H groups in total. The van der Waals surface area contributed by atoms with Crippen LogP contribution in [0.2, 0.25) is 0 Å². The highest BCUT2D eigenvalue weighted by atomic mass is 16.6. The van der Waals surface area contributed by atoms with Gasteiger partial charge in [0.15, 0.2) is 0 Å². The third-order valence-corrected chi connectivity index (χ3v) is 5.55. The van der Waals surface area contributed by atoms with Gasteiger partial charge in [-0.05, 0) is 29.3 Å². The molecule has 1 saturated heterocycles. The third-order valence-electron chi connectivity index (χ3n) is 5.55. The molecule has 1 heterocycles. The minimum Gasteiger partial charge on any atom is -0.489 e. The molecule has 1 aliphatic heterocycles. The van der Waals surface area contributed by atoms with Gasteiger partial charge in [-0.3, -0.25) is 4.79 Å². The number of ether oxygens (including phenoxy) is 2.